The zero-order chi connectivity index (χ0) is 15.8. The van der Waals surface area contributed by atoms with Crippen LogP contribution in [0.25, 0.3) is 11.1 Å². The number of nitrogens with one attached hydrogen (secondary N) is 1. The van der Waals surface area contributed by atoms with E-state index in [4.69, 9.17) is 9.15 Å². The molecule has 2 aromatic heterocycles. The molecule has 120 valence electrons. The molecule has 1 fully saturated rings. The molecule has 1 aliphatic rings. The van der Waals surface area contributed by atoms with Crippen molar-refractivity contribution in [1.82, 2.24) is 14.5 Å². The van der Waals surface area contributed by atoms with Crippen molar-refractivity contribution in [2.75, 3.05) is 11.9 Å². The van der Waals surface area contributed by atoms with E-state index in [1.54, 1.807) is 12.3 Å². The van der Waals surface area contributed by atoms with E-state index in [1.165, 1.54) is 12.1 Å². The first-order valence-corrected chi connectivity index (χ1v) is 7.62. The standard InChI is InChI=1S/C16H17FN4O2/c1-21-7-6-18-15(21)14-11(3-2-8-22-14)19-16-20-12-9-10(17)4-5-13(12)23-16/h4-7,9,11,14H,2-3,8H2,1H3,(H,19,20)/t11-,14-/m0/s1. The summed E-state index contributed by atoms with van der Waals surface area (Å²) in [6.45, 7) is 0.703. The molecule has 0 amide bonds. The summed E-state index contributed by atoms with van der Waals surface area (Å²) in [6, 6.07) is 4.68. The van der Waals surface area contributed by atoms with E-state index >= 15 is 0 Å². The van der Waals surface area contributed by atoms with Crippen molar-refractivity contribution in [2.24, 2.45) is 7.05 Å². The summed E-state index contributed by atoms with van der Waals surface area (Å²) >= 11 is 0. The zero-order valence-electron chi connectivity index (χ0n) is 12.7. The molecule has 1 aliphatic heterocycles. The maximum Gasteiger partial charge on any atom is 0.296 e. The van der Waals surface area contributed by atoms with Gasteiger partial charge in [-0.1, -0.05) is 0 Å². The topological polar surface area (TPSA) is 65.1 Å². The van der Waals surface area contributed by atoms with Crippen molar-refractivity contribution in [3.63, 3.8) is 0 Å². The molecule has 1 aromatic carbocycles. The highest BCUT2D eigenvalue weighted by Crippen LogP contribution is 2.30. The number of ether oxygens (including phenoxy) is 1. The second-order valence-corrected chi connectivity index (χ2v) is 5.71. The maximum absolute atomic E-state index is 13.3. The summed E-state index contributed by atoms with van der Waals surface area (Å²) in [7, 11) is 1.94. The third-order valence-electron chi connectivity index (χ3n) is 4.09. The van der Waals surface area contributed by atoms with Gasteiger partial charge in [-0.3, -0.25) is 0 Å². The summed E-state index contributed by atoms with van der Waals surface area (Å²) in [6.07, 6.45) is 5.35. The Bertz CT molecular complexity index is 828. The van der Waals surface area contributed by atoms with E-state index in [0.717, 1.165) is 18.7 Å². The minimum Gasteiger partial charge on any atom is -0.424 e. The van der Waals surface area contributed by atoms with Crippen LogP contribution in [-0.4, -0.2) is 27.2 Å². The molecule has 4 rings (SSSR count). The van der Waals surface area contributed by atoms with Gasteiger partial charge in [0.2, 0.25) is 0 Å². The summed E-state index contributed by atoms with van der Waals surface area (Å²) in [5.41, 5.74) is 1.05. The number of halogens is 1. The first-order valence-electron chi connectivity index (χ1n) is 7.62. The van der Waals surface area contributed by atoms with E-state index in [1.807, 2.05) is 17.8 Å². The number of fused-ring (bicyclic) bond motifs is 1. The number of anilines is 1. The highest BCUT2D eigenvalue weighted by molar-refractivity contribution is 5.74. The van der Waals surface area contributed by atoms with Crippen LogP contribution in [0.5, 0.6) is 0 Å². The molecular weight excluding hydrogens is 299 g/mol. The Labute approximate surface area is 132 Å². The summed E-state index contributed by atoms with van der Waals surface area (Å²) < 4.78 is 26.8. The fourth-order valence-electron chi connectivity index (χ4n) is 2.96. The molecule has 7 heteroatoms. The Kier molecular flexibility index (Phi) is 3.49. The number of rotatable bonds is 3. The minimum absolute atomic E-state index is 0.00255. The summed E-state index contributed by atoms with van der Waals surface area (Å²) in [5, 5.41) is 3.28. The van der Waals surface area contributed by atoms with Crippen molar-refractivity contribution in [2.45, 2.75) is 25.0 Å². The monoisotopic (exact) mass is 316 g/mol. The molecule has 6 nitrogen and oxygen atoms in total. The molecule has 0 unspecified atom stereocenters. The van der Waals surface area contributed by atoms with Crippen LogP contribution in [0, 0.1) is 5.82 Å². The molecule has 23 heavy (non-hydrogen) atoms. The van der Waals surface area contributed by atoms with Crippen molar-refractivity contribution in [3.05, 3.63) is 42.2 Å². The number of benzene rings is 1. The van der Waals surface area contributed by atoms with Crippen molar-refractivity contribution in [1.29, 1.82) is 0 Å². The number of hydrogen-bond donors (Lipinski definition) is 1. The molecule has 2 atom stereocenters. The Morgan fingerprint density at radius 2 is 2.30 bits per heavy atom. The Morgan fingerprint density at radius 3 is 3.13 bits per heavy atom. The van der Waals surface area contributed by atoms with Crippen LogP contribution < -0.4 is 5.32 Å². The highest BCUT2D eigenvalue weighted by atomic mass is 19.1. The van der Waals surface area contributed by atoms with Crippen molar-refractivity contribution >= 4 is 17.1 Å². The van der Waals surface area contributed by atoms with Crippen LogP contribution in [0.15, 0.2) is 35.0 Å². The third-order valence-corrected chi connectivity index (χ3v) is 4.09. The molecule has 0 spiro atoms. The van der Waals surface area contributed by atoms with Crippen molar-refractivity contribution in [3.8, 4) is 0 Å². The van der Waals surface area contributed by atoms with Gasteiger partial charge in [-0.15, -0.1) is 0 Å². The minimum atomic E-state index is -0.329. The molecule has 1 saturated heterocycles. The van der Waals surface area contributed by atoms with Crippen molar-refractivity contribution < 1.29 is 13.5 Å². The van der Waals surface area contributed by atoms with Gasteiger partial charge < -0.3 is 19.0 Å². The fourth-order valence-corrected chi connectivity index (χ4v) is 2.96. The van der Waals surface area contributed by atoms with Crippen LogP contribution in [0.4, 0.5) is 10.4 Å². The lowest BCUT2D eigenvalue weighted by Gasteiger charge is -2.31. The van der Waals surface area contributed by atoms with Gasteiger partial charge in [0.1, 0.15) is 23.3 Å². The zero-order valence-corrected chi connectivity index (χ0v) is 12.7. The van der Waals surface area contributed by atoms with Crippen LogP contribution in [-0.2, 0) is 11.8 Å². The molecule has 3 aromatic rings. The van der Waals surface area contributed by atoms with Gasteiger partial charge in [0.25, 0.3) is 6.01 Å². The van der Waals surface area contributed by atoms with Crippen LogP contribution in [0.3, 0.4) is 0 Å². The first kappa shape index (κ1) is 14.2. The number of imidazole rings is 1. The Balaban J connectivity index is 1.60. The SMILES string of the molecule is Cn1ccnc1[C@H]1OCCC[C@@H]1Nc1nc2cc(F)ccc2o1. The van der Waals surface area contributed by atoms with Gasteiger partial charge >= 0.3 is 0 Å². The molecule has 0 radical (unpaired) electrons. The van der Waals surface area contributed by atoms with Gasteiger partial charge in [-0.2, -0.15) is 4.98 Å². The second-order valence-electron chi connectivity index (χ2n) is 5.71. The third kappa shape index (κ3) is 2.68. The molecule has 1 N–H and O–H groups in total. The predicted molar refractivity (Wildman–Crippen MR) is 82.5 cm³/mol. The lowest BCUT2D eigenvalue weighted by atomic mass is 10.0. The smallest absolute Gasteiger partial charge is 0.296 e. The normalized spacial score (nSPS) is 21.7. The molecule has 0 aliphatic carbocycles. The molecular formula is C16H17FN4O2. The van der Waals surface area contributed by atoms with Gasteiger partial charge in [0.05, 0.1) is 6.04 Å². The summed E-state index contributed by atoms with van der Waals surface area (Å²) in [4.78, 5) is 8.69. The van der Waals surface area contributed by atoms with E-state index in [2.05, 4.69) is 15.3 Å². The lowest BCUT2D eigenvalue weighted by molar-refractivity contribution is -0.00179. The Morgan fingerprint density at radius 1 is 1.39 bits per heavy atom. The predicted octanol–water partition coefficient (Wildman–Crippen LogP) is 3.03. The second kappa shape index (κ2) is 5.66. The van der Waals surface area contributed by atoms with E-state index in [0.29, 0.717) is 23.7 Å². The van der Waals surface area contributed by atoms with E-state index in [9.17, 15) is 4.39 Å². The molecule has 3 heterocycles. The van der Waals surface area contributed by atoms with Crippen LogP contribution in [0.2, 0.25) is 0 Å². The Hall–Kier alpha value is -2.41. The number of nitrogens with zero attached hydrogens (tertiary/aromatic N) is 3. The molecule has 0 bridgehead atoms. The number of aryl methyl sites for hydroxylation is 1. The van der Waals surface area contributed by atoms with E-state index in [-0.39, 0.29) is 18.0 Å². The largest absolute Gasteiger partial charge is 0.424 e. The van der Waals surface area contributed by atoms with Crippen LogP contribution in [0.1, 0.15) is 24.8 Å². The maximum atomic E-state index is 13.3. The fraction of sp³-hybridized carbons (Fsp3) is 0.375. The van der Waals surface area contributed by atoms with Gasteiger partial charge in [0.15, 0.2) is 5.58 Å². The first-order chi connectivity index (χ1) is 11.2. The van der Waals surface area contributed by atoms with Gasteiger partial charge in [-0.05, 0) is 25.0 Å². The van der Waals surface area contributed by atoms with Crippen LogP contribution >= 0.6 is 0 Å². The summed E-state index contributed by atoms with van der Waals surface area (Å²) in [5.74, 6) is 0.536. The number of aromatic nitrogens is 3. The van der Waals surface area contributed by atoms with Gasteiger partial charge in [0, 0.05) is 32.1 Å². The lowest BCUT2D eigenvalue weighted by Crippen LogP contribution is -2.35. The number of oxazole rings is 1. The molecule has 0 saturated carbocycles. The highest BCUT2D eigenvalue weighted by Gasteiger charge is 2.31. The van der Waals surface area contributed by atoms with Gasteiger partial charge in [-0.25, -0.2) is 9.37 Å². The quantitative estimate of drug-likeness (QED) is 0.804. The average molecular weight is 316 g/mol. The number of hydrogen-bond acceptors (Lipinski definition) is 5. The average Bonchev–Trinajstić information content (AvgIpc) is 3.13. The van der Waals surface area contributed by atoms with E-state index < -0.39 is 0 Å².